The summed E-state index contributed by atoms with van der Waals surface area (Å²) in [5.74, 6) is -5.00. The van der Waals surface area contributed by atoms with E-state index in [1.807, 2.05) is 4.90 Å². The van der Waals surface area contributed by atoms with Crippen LogP contribution in [-0.4, -0.2) is 54.5 Å². The van der Waals surface area contributed by atoms with Gasteiger partial charge in [-0.05, 0) is 38.6 Å². The van der Waals surface area contributed by atoms with E-state index in [4.69, 9.17) is 4.74 Å². The van der Waals surface area contributed by atoms with E-state index < -0.39 is 29.9 Å². The molecule has 2 heterocycles. The molecule has 1 unspecified atom stereocenters. The van der Waals surface area contributed by atoms with Gasteiger partial charge in [-0.15, -0.1) is 0 Å². The summed E-state index contributed by atoms with van der Waals surface area (Å²) in [5, 5.41) is 0.230. The third-order valence-electron chi connectivity index (χ3n) is 5.61. The number of anilines is 1. The van der Waals surface area contributed by atoms with Crippen LogP contribution in [0.2, 0.25) is 0 Å². The van der Waals surface area contributed by atoms with Crippen LogP contribution in [0.3, 0.4) is 0 Å². The second-order valence-corrected chi connectivity index (χ2v) is 8.45. The summed E-state index contributed by atoms with van der Waals surface area (Å²) < 4.78 is 61.8. The molecule has 1 saturated heterocycles. The number of benzene rings is 1. The van der Waals surface area contributed by atoms with Crippen molar-refractivity contribution in [2.75, 3.05) is 38.6 Å². The fourth-order valence-corrected chi connectivity index (χ4v) is 4.07. The molecular weight excluding hydrogens is 412 g/mol. The van der Waals surface area contributed by atoms with Crippen LogP contribution in [-0.2, 0) is 0 Å². The fraction of sp³-hybridized carbons (Fsp3) is 0.455. The van der Waals surface area contributed by atoms with Gasteiger partial charge in [-0.2, -0.15) is 9.97 Å². The van der Waals surface area contributed by atoms with Crippen LogP contribution in [0.1, 0.15) is 19.3 Å². The summed E-state index contributed by atoms with van der Waals surface area (Å²) in [6.07, 6.45) is 2.54. The molecule has 1 aliphatic heterocycles. The van der Waals surface area contributed by atoms with Crippen molar-refractivity contribution in [1.82, 2.24) is 14.9 Å². The number of nitrogens with zero attached hydrogens (tertiary/aromatic N) is 4. The lowest BCUT2D eigenvalue weighted by molar-refractivity contribution is -0.0977. The second-order valence-electron chi connectivity index (χ2n) is 8.45. The molecule has 1 aromatic carbocycles. The molecule has 0 radical (unpaired) electrons. The molecule has 1 atom stereocenters. The number of fused-ring (bicyclic) bond motifs is 1. The number of ether oxygens (including phenoxy) is 1. The van der Waals surface area contributed by atoms with Crippen molar-refractivity contribution < 1.29 is 22.3 Å². The molecule has 0 spiro atoms. The number of halogens is 4. The molecule has 166 valence electrons. The van der Waals surface area contributed by atoms with Crippen molar-refractivity contribution in [3.05, 3.63) is 47.8 Å². The normalized spacial score (nSPS) is 22.3. The van der Waals surface area contributed by atoms with Crippen LogP contribution in [0, 0.1) is 17.6 Å². The zero-order chi connectivity index (χ0) is 22.3. The summed E-state index contributed by atoms with van der Waals surface area (Å²) in [4.78, 5) is 12.0. The zero-order valence-corrected chi connectivity index (χ0v) is 17.5. The van der Waals surface area contributed by atoms with E-state index in [0.717, 1.165) is 24.5 Å². The molecule has 2 aliphatic rings. The number of rotatable bonds is 5. The van der Waals surface area contributed by atoms with Crippen LogP contribution < -0.4 is 9.64 Å². The Bertz CT molecular complexity index is 1050. The van der Waals surface area contributed by atoms with Gasteiger partial charge in [0.15, 0.2) is 5.82 Å². The Morgan fingerprint density at radius 1 is 1.29 bits per heavy atom. The highest BCUT2D eigenvalue weighted by Crippen LogP contribution is 2.48. The van der Waals surface area contributed by atoms with Gasteiger partial charge in [0.05, 0.1) is 12.2 Å². The van der Waals surface area contributed by atoms with Crippen LogP contribution in [0.5, 0.6) is 6.01 Å². The van der Waals surface area contributed by atoms with Crippen molar-refractivity contribution in [3.63, 3.8) is 0 Å². The van der Waals surface area contributed by atoms with Gasteiger partial charge >= 0.3 is 6.01 Å². The first-order valence-corrected chi connectivity index (χ1v) is 10.1. The monoisotopic (exact) mass is 436 g/mol. The molecule has 5 nitrogen and oxygen atoms in total. The molecule has 0 bridgehead atoms. The van der Waals surface area contributed by atoms with Crippen LogP contribution in [0.15, 0.2) is 36.1 Å². The molecule has 2 fully saturated rings. The summed E-state index contributed by atoms with van der Waals surface area (Å²) in [5.41, 5.74) is 1.34. The second kappa shape index (κ2) is 8.11. The predicted molar refractivity (Wildman–Crippen MR) is 110 cm³/mol. The molecular formula is C22H24F4N4O. The van der Waals surface area contributed by atoms with Gasteiger partial charge in [0.1, 0.15) is 17.2 Å². The lowest BCUT2D eigenvalue weighted by atomic mass is 9.75. The van der Waals surface area contributed by atoms with Crippen LogP contribution in [0.25, 0.3) is 10.9 Å². The molecule has 1 aromatic heterocycles. The summed E-state index contributed by atoms with van der Waals surface area (Å²) in [6.45, 7) is 5.32. The molecule has 0 N–H and O–H groups in total. The zero-order valence-electron chi connectivity index (χ0n) is 17.5. The molecule has 9 heteroatoms. The van der Waals surface area contributed by atoms with Gasteiger partial charge < -0.3 is 14.5 Å². The van der Waals surface area contributed by atoms with Crippen molar-refractivity contribution in [2.45, 2.75) is 25.2 Å². The molecule has 31 heavy (non-hydrogen) atoms. The van der Waals surface area contributed by atoms with Crippen LogP contribution >= 0.6 is 0 Å². The van der Waals surface area contributed by atoms with Gasteiger partial charge in [0.2, 0.25) is 0 Å². The largest absolute Gasteiger partial charge is 0.432 e. The smallest absolute Gasteiger partial charge is 0.324 e. The maximum absolute atomic E-state index is 14.5. The third kappa shape index (κ3) is 4.37. The van der Waals surface area contributed by atoms with Crippen molar-refractivity contribution in [2.24, 2.45) is 5.92 Å². The number of aromatic nitrogens is 2. The van der Waals surface area contributed by atoms with E-state index >= 15 is 0 Å². The Morgan fingerprint density at radius 2 is 2.06 bits per heavy atom. The van der Waals surface area contributed by atoms with E-state index in [1.165, 1.54) is 12.3 Å². The molecule has 1 aliphatic carbocycles. The summed E-state index contributed by atoms with van der Waals surface area (Å²) >= 11 is 0. The minimum Gasteiger partial charge on any atom is -0.432 e. The summed E-state index contributed by atoms with van der Waals surface area (Å²) in [7, 11) is 3.44. The van der Waals surface area contributed by atoms with E-state index in [1.54, 1.807) is 19.0 Å². The number of hydrogen-bond donors (Lipinski definition) is 0. The number of hydrogen-bond acceptors (Lipinski definition) is 5. The lowest BCUT2D eigenvalue weighted by Gasteiger charge is -2.40. The van der Waals surface area contributed by atoms with E-state index in [-0.39, 0.29) is 23.5 Å². The van der Waals surface area contributed by atoms with E-state index in [0.29, 0.717) is 24.5 Å². The van der Waals surface area contributed by atoms with Gasteiger partial charge in [-0.25, -0.2) is 17.6 Å². The van der Waals surface area contributed by atoms with E-state index in [9.17, 15) is 17.6 Å². The maximum Gasteiger partial charge on any atom is 0.324 e. The minimum atomic E-state index is -2.80. The Hall–Kier alpha value is -2.68. The Kier molecular flexibility index (Phi) is 5.63. The Labute approximate surface area is 178 Å². The first-order chi connectivity index (χ1) is 14.6. The fourth-order valence-electron chi connectivity index (χ4n) is 4.07. The van der Waals surface area contributed by atoms with Gasteiger partial charge in [-0.3, -0.25) is 0 Å². The number of piperidine rings is 1. The Balaban J connectivity index is 1.69. The topological polar surface area (TPSA) is 41.5 Å². The molecule has 4 rings (SSSR count). The number of alkyl halides is 2. The van der Waals surface area contributed by atoms with Gasteiger partial charge in [0, 0.05) is 37.5 Å². The average Bonchev–Trinajstić information content (AvgIpc) is 2.69. The SMILES string of the molecule is C=C1CCCN(c2nc(O/C=C3\CC(F)(F)C3CN(C)C)nc3c(F)cc(F)cc23)C1. The van der Waals surface area contributed by atoms with E-state index in [2.05, 4.69) is 16.5 Å². The molecule has 1 saturated carbocycles. The minimum absolute atomic E-state index is 0.0835. The van der Waals surface area contributed by atoms with Gasteiger partial charge in [-0.1, -0.05) is 12.2 Å². The predicted octanol–water partition coefficient (Wildman–Crippen LogP) is 4.54. The highest BCUT2D eigenvalue weighted by Gasteiger charge is 2.52. The first kappa shape index (κ1) is 21.5. The van der Waals surface area contributed by atoms with Crippen LogP contribution in [0.4, 0.5) is 23.4 Å². The summed E-state index contributed by atoms with van der Waals surface area (Å²) in [6, 6.07) is 1.76. The quantitative estimate of drug-likeness (QED) is 0.391. The van der Waals surface area contributed by atoms with Crippen molar-refractivity contribution in [3.8, 4) is 6.01 Å². The highest BCUT2D eigenvalue weighted by atomic mass is 19.3. The Morgan fingerprint density at radius 3 is 2.74 bits per heavy atom. The first-order valence-electron chi connectivity index (χ1n) is 10.1. The lowest BCUT2D eigenvalue weighted by Crippen LogP contribution is -2.46. The van der Waals surface area contributed by atoms with Crippen molar-refractivity contribution >= 4 is 16.7 Å². The van der Waals surface area contributed by atoms with Crippen molar-refractivity contribution in [1.29, 1.82) is 0 Å². The highest BCUT2D eigenvalue weighted by molar-refractivity contribution is 5.90. The maximum atomic E-state index is 14.5. The molecule has 2 aromatic rings. The third-order valence-corrected chi connectivity index (χ3v) is 5.61. The standard InChI is InChI=1S/C22H24F4N4O/c1-13-5-4-6-30(10-13)20-16-7-15(23)8-18(24)19(16)27-21(28-20)31-12-14-9-22(25,26)17(14)11-29(2)3/h7-8,12,17H,1,4-6,9-11H2,2-3H3/b14-12+. The average molecular weight is 436 g/mol. The van der Waals surface area contributed by atoms with Gasteiger partial charge in [0.25, 0.3) is 5.92 Å². The molecule has 0 amide bonds.